The third-order valence-electron chi connectivity index (χ3n) is 2.69. The molecule has 5 nitrogen and oxygen atoms in total. The summed E-state index contributed by atoms with van der Waals surface area (Å²) in [5.41, 5.74) is 8.22. The average Bonchev–Trinajstić information content (AvgIpc) is 2.69. The lowest BCUT2D eigenvalue weighted by Crippen LogP contribution is -2.25. The van der Waals surface area contributed by atoms with Gasteiger partial charge >= 0.3 is 0 Å². The molecule has 1 aromatic heterocycles. The van der Waals surface area contributed by atoms with Crippen LogP contribution in [-0.2, 0) is 4.79 Å². The van der Waals surface area contributed by atoms with Crippen LogP contribution < -0.4 is 15.8 Å². The Bertz CT molecular complexity index is 617. The number of ether oxygens (including phenoxy) is 1. The van der Waals surface area contributed by atoms with Crippen LogP contribution in [0.15, 0.2) is 18.2 Å². The number of aryl methyl sites for hydroxylation is 1. The highest BCUT2D eigenvalue weighted by Crippen LogP contribution is 2.35. The average molecular weight is 261 g/mol. The molecule has 0 saturated carbocycles. The SMILES string of the molecule is Cc1nc(-c2ccc3c(c2)NC(=O)CO3)sc1N. The van der Waals surface area contributed by atoms with E-state index < -0.39 is 0 Å². The quantitative estimate of drug-likeness (QED) is 0.823. The van der Waals surface area contributed by atoms with Crippen LogP contribution in [0.25, 0.3) is 10.6 Å². The predicted octanol–water partition coefficient (Wildman–Crippen LogP) is 2.03. The van der Waals surface area contributed by atoms with Crippen LogP contribution in [0.3, 0.4) is 0 Å². The first-order valence-corrected chi connectivity index (χ1v) is 6.25. The molecule has 0 saturated heterocycles. The molecule has 0 bridgehead atoms. The standard InChI is InChI=1S/C12H11N3O2S/c1-6-11(13)18-12(14-6)7-2-3-9-8(4-7)15-10(16)5-17-9/h2-4H,5,13H2,1H3,(H,15,16). The zero-order valence-corrected chi connectivity index (χ0v) is 10.5. The number of nitrogen functional groups attached to an aromatic ring is 1. The van der Waals surface area contributed by atoms with Crippen molar-refractivity contribution < 1.29 is 9.53 Å². The molecule has 0 unspecified atom stereocenters. The Morgan fingerprint density at radius 3 is 3.06 bits per heavy atom. The van der Waals surface area contributed by atoms with E-state index >= 15 is 0 Å². The molecule has 0 radical (unpaired) electrons. The first-order chi connectivity index (χ1) is 8.63. The highest BCUT2D eigenvalue weighted by molar-refractivity contribution is 7.18. The van der Waals surface area contributed by atoms with Crippen molar-refractivity contribution >= 4 is 27.9 Å². The maximum Gasteiger partial charge on any atom is 0.262 e. The summed E-state index contributed by atoms with van der Waals surface area (Å²) in [6, 6.07) is 5.59. The predicted molar refractivity (Wildman–Crippen MR) is 70.8 cm³/mol. The molecular weight excluding hydrogens is 250 g/mol. The van der Waals surface area contributed by atoms with Gasteiger partial charge in [0.15, 0.2) is 6.61 Å². The zero-order chi connectivity index (χ0) is 12.7. The summed E-state index contributed by atoms with van der Waals surface area (Å²) in [6.07, 6.45) is 0. The molecule has 0 spiro atoms. The third kappa shape index (κ3) is 1.80. The maximum absolute atomic E-state index is 11.3. The first kappa shape index (κ1) is 11.0. The van der Waals surface area contributed by atoms with Crippen LogP contribution in [0.4, 0.5) is 10.7 Å². The molecule has 3 rings (SSSR count). The Balaban J connectivity index is 2.04. The maximum atomic E-state index is 11.3. The Labute approximate surface area is 108 Å². The molecule has 0 atom stereocenters. The second kappa shape index (κ2) is 3.99. The molecular formula is C12H11N3O2S. The lowest BCUT2D eigenvalue weighted by atomic mass is 10.2. The van der Waals surface area contributed by atoms with E-state index in [-0.39, 0.29) is 12.5 Å². The van der Waals surface area contributed by atoms with Gasteiger partial charge in [-0.15, -0.1) is 0 Å². The lowest BCUT2D eigenvalue weighted by molar-refractivity contribution is -0.118. The van der Waals surface area contributed by atoms with Crippen molar-refractivity contribution in [1.82, 2.24) is 4.98 Å². The third-order valence-corrected chi connectivity index (χ3v) is 3.73. The fraction of sp³-hybridized carbons (Fsp3) is 0.167. The Kier molecular flexibility index (Phi) is 2.45. The monoisotopic (exact) mass is 261 g/mol. The molecule has 1 aromatic carbocycles. The minimum absolute atomic E-state index is 0.0651. The van der Waals surface area contributed by atoms with Crippen molar-refractivity contribution in [2.24, 2.45) is 0 Å². The van der Waals surface area contributed by atoms with E-state index in [1.165, 1.54) is 11.3 Å². The second-order valence-electron chi connectivity index (χ2n) is 4.02. The summed E-state index contributed by atoms with van der Waals surface area (Å²) < 4.78 is 5.30. The normalized spacial score (nSPS) is 13.7. The van der Waals surface area contributed by atoms with Crippen molar-refractivity contribution in [2.45, 2.75) is 6.92 Å². The lowest BCUT2D eigenvalue weighted by Gasteiger charge is -2.18. The number of nitrogens with zero attached hydrogens (tertiary/aromatic N) is 1. The molecule has 1 aliphatic rings. The van der Waals surface area contributed by atoms with Crippen molar-refractivity contribution in [3.05, 3.63) is 23.9 Å². The molecule has 18 heavy (non-hydrogen) atoms. The van der Waals surface area contributed by atoms with Crippen LogP contribution in [0.2, 0.25) is 0 Å². The summed E-state index contributed by atoms with van der Waals surface area (Å²) in [4.78, 5) is 15.7. The number of benzene rings is 1. The molecule has 1 amide bonds. The van der Waals surface area contributed by atoms with E-state index in [4.69, 9.17) is 10.5 Å². The number of nitrogens with one attached hydrogen (secondary N) is 1. The van der Waals surface area contributed by atoms with Gasteiger partial charge in [-0.1, -0.05) is 11.3 Å². The highest BCUT2D eigenvalue weighted by atomic mass is 32.1. The summed E-state index contributed by atoms with van der Waals surface area (Å²) in [6.45, 7) is 1.94. The molecule has 92 valence electrons. The number of hydrogen-bond acceptors (Lipinski definition) is 5. The number of hydrogen-bond donors (Lipinski definition) is 2. The first-order valence-electron chi connectivity index (χ1n) is 5.43. The fourth-order valence-electron chi connectivity index (χ4n) is 1.75. The largest absolute Gasteiger partial charge is 0.482 e. The van der Waals surface area contributed by atoms with Gasteiger partial charge in [0, 0.05) is 5.56 Å². The second-order valence-corrected chi connectivity index (χ2v) is 5.05. The molecule has 3 N–H and O–H groups in total. The van der Waals surface area contributed by atoms with Crippen LogP contribution in [-0.4, -0.2) is 17.5 Å². The number of carbonyl (C=O) groups excluding carboxylic acids is 1. The molecule has 1 aliphatic heterocycles. The Morgan fingerprint density at radius 1 is 1.50 bits per heavy atom. The van der Waals surface area contributed by atoms with Crippen LogP contribution in [0.1, 0.15) is 5.69 Å². The van der Waals surface area contributed by atoms with Crippen LogP contribution >= 0.6 is 11.3 Å². The molecule has 2 aromatic rings. The van der Waals surface area contributed by atoms with Crippen molar-refractivity contribution in [3.63, 3.8) is 0 Å². The van der Waals surface area contributed by atoms with E-state index in [0.29, 0.717) is 16.4 Å². The zero-order valence-electron chi connectivity index (χ0n) is 9.69. The summed E-state index contributed by atoms with van der Waals surface area (Å²) in [7, 11) is 0. The molecule has 6 heteroatoms. The van der Waals surface area contributed by atoms with E-state index in [1.807, 2.05) is 25.1 Å². The Morgan fingerprint density at radius 2 is 2.33 bits per heavy atom. The minimum Gasteiger partial charge on any atom is -0.482 e. The van der Waals surface area contributed by atoms with Gasteiger partial charge in [-0.05, 0) is 25.1 Å². The number of nitrogens with two attached hydrogens (primary N) is 1. The van der Waals surface area contributed by atoms with Gasteiger partial charge in [-0.25, -0.2) is 4.98 Å². The minimum atomic E-state index is -0.144. The van der Waals surface area contributed by atoms with Gasteiger partial charge in [-0.2, -0.15) is 0 Å². The number of anilines is 2. The van der Waals surface area contributed by atoms with E-state index in [0.717, 1.165) is 16.3 Å². The number of fused-ring (bicyclic) bond motifs is 1. The van der Waals surface area contributed by atoms with E-state index in [9.17, 15) is 4.79 Å². The van der Waals surface area contributed by atoms with Crippen LogP contribution in [0, 0.1) is 6.92 Å². The highest BCUT2D eigenvalue weighted by Gasteiger charge is 2.17. The molecule has 0 fully saturated rings. The van der Waals surface area contributed by atoms with Gasteiger partial charge in [0.1, 0.15) is 15.8 Å². The molecule has 2 heterocycles. The van der Waals surface area contributed by atoms with Crippen LogP contribution in [0.5, 0.6) is 5.75 Å². The van der Waals surface area contributed by atoms with Crippen molar-refractivity contribution in [1.29, 1.82) is 0 Å². The summed E-state index contributed by atoms with van der Waals surface area (Å²) >= 11 is 1.43. The topological polar surface area (TPSA) is 77.2 Å². The van der Waals surface area contributed by atoms with Gasteiger partial charge in [0.25, 0.3) is 5.91 Å². The summed E-state index contributed by atoms with van der Waals surface area (Å²) in [5.74, 6) is 0.536. The van der Waals surface area contributed by atoms with E-state index in [1.54, 1.807) is 0 Å². The van der Waals surface area contributed by atoms with Gasteiger partial charge in [-0.3, -0.25) is 4.79 Å². The van der Waals surface area contributed by atoms with Gasteiger partial charge in [0.05, 0.1) is 11.4 Å². The fourth-order valence-corrected chi connectivity index (χ4v) is 2.58. The van der Waals surface area contributed by atoms with Gasteiger partial charge < -0.3 is 15.8 Å². The smallest absolute Gasteiger partial charge is 0.262 e. The molecule has 0 aliphatic carbocycles. The number of rotatable bonds is 1. The number of thiazole rings is 1. The number of amides is 1. The summed E-state index contributed by atoms with van der Waals surface area (Å²) in [5, 5.41) is 4.32. The van der Waals surface area contributed by atoms with Gasteiger partial charge in [0.2, 0.25) is 0 Å². The number of aromatic nitrogens is 1. The Hall–Kier alpha value is -2.08. The van der Waals surface area contributed by atoms with Crippen molar-refractivity contribution in [2.75, 3.05) is 17.7 Å². The van der Waals surface area contributed by atoms with Crippen molar-refractivity contribution in [3.8, 4) is 16.3 Å². The van der Waals surface area contributed by atoms with E-state index in [2.05, 4.69) is 10.3 Å². The number of carbonyl (C=O) groups is 1.